The number of rotatable bonds is 5. The predicted molar refractivity (Wildman–Crippen MR) is 129 cm³/mol. The van der Waals surface area contributed by atoms with Crippen molar-refractivity contribution in [3.05, 3.63) is 83.4 Å². The van der Waals surface area contributed by atoms with Gasteiger partial charge in [0, 0.05) is 18.5 Å². The topological polar surface area (TPSA) is 64.6 Å². The molecule has 0 spiro atoms. The van der Waals surface area contributed by atoms with Crippen molar-refractivity contribution in [1.82, 2.24) is 4.90 Å². The van der Waals surface area contributed by atoms with Gasteiger partial charge < -0.3 is 15.7 Å². The Labute approximate surface area is 189 Å². The van der Waals surface area contributed by atoms with Gasteiger partial charge >= 0.3 is 0 Å². The molecular weight excluding hydrogens is 398 g/mol. The third-order valence-corrected chi connectivity index (χ3v) is 6.42. The molecule has 1 saturated heterocycles. The molecule has 3 aromatic rings. The first-order valence-corrected chi connectivity index (χ1v) is 11.5. The van der Waals surface area contributed by atoms with E-state index in [1.807, 2.05) is 36.4 Å². The fourth-order valence-corrected chi connectivity index (χ4v) is 4.79. The van der Waals surface area contributed by atoms with Crippen molar-refractivity contribution in [1.29, 1.82) is 0 Å². The Kier molecular flexibility index (Phi) is 5.93. The van der Waals surface area contributed by atoms with Gasteiger partial charge in [0.1, 0.15) is 6.23 Å². The maximum atomic E-state index is 13.2. The number of likely N-dealkylation sites (tertiary alicyclic amines) is 1. The number of aliphatic hydroxyl groups is 1. The zero-order chi connectivity index (χ0) is 21.9. The van der Waals surface area contributed by atoms with Gasteiger partial charge in [0.15, 0.2) is 0 Å². The Hall–Kier alpha value is -3.15. The number of nitrogens with zero attached hydrogens (tertiary/aromatic N) is 1. The van der Waals surface area contributed by atoms with Gasteiger partial charge in [-0.15, -0.1) is 0 Å². The lowest BCUT2D eigenvalue weighted by molar-refractivity contribution is 0.102. The first kappa shape index (κ1) is 20.7. The largest absolute Gasteiger partial charge is 0.373 e. The summed E-state index contributed by atoms with van der Waals surface area (Å²) in [6, 6.07) is 22.2. The molecule has 2 aliphatic rings. The van der Waals surface area contributed by atoms with E-state index in [9.17, 15) is 9.90 Å². The Balaban J connectivity index is 1.43. The highest BCUT2D eigenvalue weighted by Crippen LogP contribution is 2.33. The quantitative estimate of drug-likeness (QED) is 0.543. The fraction of sp³-hybridized carbons (Fsp3) is 0.296. The van der Waals surface area contributed by atoms with E-state index in [2.05, 4.69) is 45.9 Å². The lowest BCUT2D eigenvalue weighted by Gasteiger charge is -2.27. The second-order valence-corrected chi connectivity index (χ2v) is 8.73. The van der Waals surface area contributed by atoms with Crippen LogP contribution in [-0.4, -0.2) is 35.2 Å². The molecule has 1 amide bonds. The first-order valence-electron chi connectivity index (χ1n) is 11.5. The summed E-state index contributed by atoms with van der Waals surface area (Å²) in [7, 11) is 0. The third-order valence-electron chi connectivity index (χ3n) is 6.42. The molecule has 2 heterocycles. The van der Waals surface area contributed by atoms with E-state index in [0.29, 0.717) is 17.7 Å². The molecule has 1 atom stereocenters. The standard InChI is InChI=1S/C27H29N3O2/c31-25-17-20-10-7-11-24(26(20)29-25)28-27(32)21-12-13-23(19-8-3-1-4-9-19)22(16-21)18-30-14-5-2-6-15-30/h1,3-4,7-13,16,25,29,31H,2,5-6,14-15,17-18H2,(H,28,32). The van der Waals surface area contributed by atoms with Gasteiger partial charge in [0.25, 0.3) is 5.91 Å². The molecule has 0 radical (unpaired) electrons. The van der Waals surface area contributed by atoms with Crippen LogP contribution in [0.4, 0.5) is 11.4 Å². The summed E-state index contributed by atoms with van der Waals surface area (Å²) in [5.41, 5.74) is 6.70. The van der Waals surface area contributed by atoms with E-state index in [0.717, 1.165) is 30.9 Å². The molecule has 1 fully saturated rings. The summed E-state index contributed by atoms with van der Waals surface area (Å²) in [6.45, 7) is 3.06. The van der Waals surface area contributed by atoms with Crippen LogP contribution in [-0.2, 0) is 13.0 Å². The number of para-hydroxylation sites is 1. The van der Waals surface area contributed by atoms with Crippen LogP contribution in [0.1, 0.15) is 40.7 Å². The zero-order valence-electron chi connectivity index (χ0n) is 18.2. The van der Waals surface area contributed by atoms with Gasteiger partial charge in [-0.25, -0.2) is 0 Å². The second-order valence-electron chi connectivity index (χ2n) is 8.73. The van der Waals surface area contributed by atoms with Crippen molar-refractivity contribution in [2.75, 3.05) is 23.7 Å². The maximum Gasteiger partial charge on any atom is 0.255 e. The monoisotopic (exact) mass is 427 g/mol. The minimum atomic E-state index is -0.607. The van der Waals surface area contributed by atoms with Crippen LogP contribution in [0.15, 0.2) is 66.7 Å². The average Bonchev–Trinajstić information content (AvgIpc) is 3.21. The van der Waals surface area contributed by atoms with Crippen molar-refractivity contribution in [2.45, 2.75) is 38.5 Å². The van der Waals surface area contributed by atoms with Gasteiger partial charge in [0.2, 0.25) is 0 Å². The summed E-state index contributed by atoms with van der Waals surface area (Å²) >= 11 is 0. The first-order chi connectivity index (χ1) is 15.7. The maximum absolute atomic E-state index is 13.2. The van der Waals surface area contributed by atoms with Crippen LogP contribution in [0.25, 0.3) is 11.1 Å². The lowest BCUT2D eigenvalue weighted by Crippen LogP contribution is -2.29. The summed E-state index contributed by atoms with van der Waals surface area (Å²) in [4.78, 5) is 15.7. The number of amides is 1. The van der Waals surface area contributed by atoms with Crippen LogP contribution < -0.4 is 10.6 Å². The SMILES string of the molecule is O=C(Nc1cccc2c1NC(O)C2)c1ccc(-c2ccccc2)c(CN2CCCCC2)c1. The van der Waals surface area contributed by atoms with E-state index in [-0.39, 0.29) is 5.91 Å². The smallest absolute Gasteiger partial charge is 0.255 e. The highest BCUT2D eigenvalue weighted by atomic mass is 16.3. The number of nitrogens with one attached hydrogen (secondary N) is 2. The average molecular weight is 428 g/mol. The minimum absolute atomic E-state index is 0.138. The van der Waals surface area contributed by atoms with Crippen molar-refractivity contribution in [3.8, 4) is 11.1 Å². The molecule has 0 aliphatic carbocycles. The van der Waals surface area contributed by atoms with E-state index < -0.39 is 6.23 Å². The van der Waals surface area contributed by atoms with Crippen LogP contribution >= 0.6 is 0 Å². The Morgan fingerprint density at radius 1 is 1.00 bits per heavy atom. The molecule has 5 nitrogen and oxygen atoms in total. The van der Waals surface area contributed by atoms with Crippen LogP contribution in [0, 0.1) is 0 Å². The van der Waals surface area contributed by atoms with Crippen LogP contribution in [0.2, 0.25) is 0 Å². The molecule has 5 heteroatoms. The molecule has 5 rings (SSSR count). The van der Waals surface area contributed by atoms with E-state index >= 15 is 0 Å². The van der Waals surface area contributed by atoms with Crippen LogP contribution in [0.5, 0.6) is 0 Å². The second kappa shape index (κ2) is 9.15. The molecule has 3 N–H and O–H groups in total. The van der Waals surface area contributed by atoms with E-state index in [1.54, 1.807) is 0 Å². The molecule has 32 heavy (non-hydrogen) atoms. The molecule has 0 aromatic heterocycles. The van der Waals surface area contributed by atoms with E-state index in [4.69, 9.17) is 0 Å². The third kappa shape index (κ3) is 4.40. The van der Waals surface area contributed by atoms with E-state index in [1.165, 1.54) is 36.0 Å². The number of benzene rings is 3. The number of fused-ring (bicyclic) bond motifs is 1. The van der Waals surface area contributed by atoms with Gasteiger partial charge in [0.05, 0.1) is 11.4 Å². The number of hydrogen-bond acceptors (Lipinski definition) is 4. The predicted octanol–water partition coefficient (Wildman–Crippen LogP) is 4.88. The number of carbonyl (C=O) groups is 1. The fourth-order valence-electron chi connectivity index (χ4n) is 4.79. The van der Waals surface area contributed by atoms with Gasteiger partial charge in [-0.2, -0.15) is 0 Å². The number of aliphatic hydroxyl groups excluding tert-OH is 1. The molecule has 164 valence electrons. The normalized spacial score (nSPS) is 18.1. The van der Waals surface area contributed by atoms with Crippen molar-refractivity contribution in [3.63, 3.8) is 0 Å². The van der Waals surface area contributed by atoms with Gasteiger partial charge in [-0.05, 0) is 66.4 Å². The molecular formula is C27H29N3O2. The molecule has 0 bridgehead atoms. The number of anilines is 2. The van der Waals surface area contributed by atoms with Crippen molar-refractivity contribution in [2.24, 2.45) is 0 Å². The number of carbonyl (C=O) groups excluding carboxylic acids is 1. The Morgan fingerprint density at radius 3 is 2.62 bits per heavy atom. The van der Waals surface area contributed by atoms with Crippen molar-refractivity contribution >= 4 is 17.3 Å². The Morgan fingerprint density at radius 2 is 1.81 bits per heavy atom. The molecule has 0 saturated carbocycles. The molecule has 3 aromatic carbocycles. The van der Waals surface area contributed by atoms with Crippen LogP contribution in [0.3, 0.4) is 0 Å². The summed E-state index contributed by atoms with van der Waals surface area (Å²) in [5, 5.41) is 16.0. The molecule has 2 aliphatic heterocycles. The lowest BCUT2D eigenvalue weighted by atomic mass is 9.96. The van der Waals surface area contributed by atoms with Gasteiger partial charge in [-0.3, -0.25) is 9.69 Å². The Bertz CT molecular complexity index is 1110. The number of hydrogen-bond donors (Lipinski definition) is 3. The van der Waals surface area contributed by atoms with Gasteiger partial charge in [-0.1, -0.05) is 55.0 Å². The summed E-state index contributed by atoms with van der Waals surface area (Å²) in [6.07, 6.45) is 3.71. The summed E-state index contributed by atoms with van der Waals surface area (Å²) < 4.78 is 0. The molecule has 1 unspecified atom stereocenters. The highest BCUT2D eigenvalue weighted by Gasteiger charge is 2.22. The summed E-state index contributed by atoms with van der Waals surface area (Å²) in [5.74, 6) is -0.138. The minimum Gasteiger partial charge on any atom is -0.373 e. The highest BCUT2D eigenvalue weighted by molar-refractivity contribution is 6.06. The van der Waals surface area contributed by atoms with Crippen molar-refractivity contribution < 1.29 is 9.90 Å². The zero-order valence-corrected chi connectivity index (χ0v) is 18.2. The number of piperidine rings is 1.